The third-order valence-electron chi connectivity index (χ3n) is 4.27. The highest BCUT2D eigenvalue weighted by molar-refractivity contribution is 4.90. The van der Waals surface area contributed by atoms with Gasteiger partial charge in [-0.15, -0.1) is 0 Å². The molecule has 112 valence electrons. The van der Waals surface area contributed by atoms with Crippen molar-refractivity contribution in [2.24, 2.45) is 11.3 Å². The molecule has 0 bridgehead atoms. The Balaban J connectivity index is 1.88. The van der Waals surface area contributed by atoms with Crippen LogP contribution in [0.15, 0.2) is 0 Å². The maximum atomic E-state index is 5.81. The maximum absolute atomic E-state index is 5.81. The summed E-state index contributed by atoms with van der Waals surface area (Å²) in [4.78, 5) is 2.54. The fourth-order valence-corrected chi connectivity index (χ4v) is 3.06. The quantitative estimate of drug-likeness (QED) is 0.801. The highest BCUT2D eigenvalue weighted by Crippen LogP contribution is 2.33. The van der Waals surface area contributed by atoms with Crippen molar-refractivity contribution in [3.63, 3.8) is 0 Å². The molecule has 2 aliphatic rings. The molecule has 1 unspecified atom stereocenters. The third kappa shape index (κ3) is 5.41. The van der Waals surface area contributed by atoms with Crippen molar-refractivity contribution in [1.82, 2.24) is 10.2 Å². The number of nitrogens with one attached hydrogen (secondary N) is 1. The summed E-state index contributed by atoms with van der Waals surface area (Å²) in [6.07, 6.45) is 5.39. The second kappa shape index (κ2) is 6.11. The van der Waals surface area contributed by atoms with Gasteiger partial charge < -0.3 is 15.0 Å². The van der Waals surface area contributed by atoms with Crippen LogP contribution in [-0.2, 0) is 4.74 Å². The van der Waals surface area contributed by atoms with Crippen LogP contribution in [0.1, 0.15) is 46.5 Å². The summed E-state index contributed by atoms with van der Waals surface area (Å²) in [5.41, 5.74) is 0.509. The number of rotatable bonds is 6. The van der Waals surface area contributed by atoms with Gasteiger partial charge in [0.25, 0.3) is 0 Å². The smallest absolute Gasteiger partial charge is 0.0546 e. The average molecular weight is 268 g/mol. The predicted octanol–water partition coefficient (Wildman–Crippen LogP) is 2.51. The Kier molecular flexibility index (Phi) is 4.91. The molecule has 3 nitrogen and oxygen atoms in total. The number of nitrogens with zero attached hydrogens (tertiary/aromatic N) is 1. The molecule has 2 rings (SSSR count). The largest absolute Gasteiger partial charge is 0.381 e. The van der Waals surface area contributed by atoms with E-state index in [9.17, 15) is 0 Å². The van der Waals surface area contributed by atoms with Crippen LogP contribution in [0, 0.1) is 11.3 Å². The molecule has 0 radical (unpaired) electrons. The molecule has 1 saturated heterocycles. The molecular formula is C16H32N2O. The Morgan fingerprint density at radius 2 is 2.05 bits per heavy atom. The van der Waals surface area contributed by atoms with E-state index in [4.69, 9.17) is 4.74 Å². The van der Waals surface area contributed by atoms with Gasteiger partial charge in [0, 0.05) is 37.2 Å². The van der Waals surface area contributed by atoms with Gasteiger partial charge in [-0.2, -0.15) is 0 Å². The molecular weight excluding hydrogens is 236 g/mol. The normalized spacial score (nSPS) is 28.9. The first kappa shape index (κ1) is 15.3. The minimum atomic E-state index is 0.194. The van der Waals surface area contributed by atoms with Crippen LogP contribution in [0.5, 0.6) is 0 Å². The van der Waals surface area contributed by atoms with E-state index >= 15 is 0 Å². The van der Waals surface area contributed by atoms with Gasteiger partial charge in [-0.25, -0.2) is 0 Å². The van der Waals surface area contributed by atoms with Gasteiger partial charge in [-0.05, 0) is 59.4 Å². The number of ether oxygens (including phenoxy) is 1. The summed E-state index contributed by atoms with van der Waals surface area (Å²) >= 11 is 0. The Labute approximate surface area is 119 Å². The van der Waals surface area contributed by atoms with E-state index in [0.717, 1.165) is 25.7 Å². The minimum Gasteiger partial charge on any atom is -0.381 e. The second-order valence-electron chi connectivity index (χ2n) is 7.90. The van der Waals surface area contributed by atoms with Crippen molar-refractivity contribution in [2.75, 3.05) is 39.9 Å². The first-order chi connectivity index (χ1) is 8.89. The summed E-state index contributed by atoms with van der Waals surface area (Å²) in [6.45, 7) is 12.1. The van der Waals surface area contributed by atoms with Crippen molar-refractivity contribution in [3.05, 3.63) is 0 Å². The van der Waals surface area contributed by atoms with Crippen molar-refractivity contribution >= 4 is 0 Å². The Bertz CT molecular complexity index is 275. The second-order valence-corrected chi connectivity index (χ2v) is 7.90. The van der Waals surface area contributed by atoms with E-state index in [-0.39, 0.29) is 5.54 Å². The third-order valence-corrected chi connectivity index (χ3v) is 4.27. The van der Waals surface area contributed by atoms with Crippen molar-refractivity contribution in [2.45, 2.75) is 52.0 Å². The Hall–Kier alpha value is -0.120. The van der Waals surface area contributed by atoms with E-state index in [1.165, 1.54) is 38.8 Å². The maximum Gasteiger partial charge on any atom is 0.0546 e. The van der Waals surface area contributed by atoms with E-state index in [0.29, 0.717) is 5.41 Å². The lowest BCUT2D eigenvalue weighted by molar-refractivity contribution is -0.0257. The lowest BCUT2D eigenvalue weighted by atomic mass is 9.81. The van der Waals surface area contributed by atoms with Crippen LogP contribution in [0.2, 0.25) is 0 Å². The van der Waals surface area contributed by atoms with Gasteiger partial charge >= 0.3 is 0 Å². The minimum absolute atomic E-state index is 0.194. The molecule has 0 amide bonds. The van der Waals surface area contributed by atoms with E-state index in [1.54, 1.807) is 0 Å². The van der Waals surface area contributed by atoms with Crippen molar-refractivity contribution in [3.8, 4) is 0 Å². The first-order valence-corrected chi connectivity index (χ1v) is 7.90. The molecule has 1 aliphatic carbocycles. The summed E-state index contributed by atoms with van der Waals surface area (Å²) in [5.74, 6) is 0.974. The Morgan fingerprint density at radius 3 is 2.58 bits per heavy atom. The van der Waals surface area contributed by atoms with Gasteiger partial charge in [0.1, 0.15) is 0 Å². The fraction of sp³-hybridized carbons (Fsp3) is 1.00. The molecule has 2 fully saturated rings. The van der Waals surface area contributed by atoms with Crippen LogP contribution in [0.25, 0.3) is 0 Å². The van der Waals surface area contributed by atoms with Gasteiger partial charge in [0.2, 0.25) is 0 Å². The average Bonchev–Trinajstić information content (AvgIpc) is 3.11. The van der Waals surface area contributed by atoms with Crippen molar-refractivity contribution < 1.29 is 4.74 Å². The Morgan fingerprint density at radius 1 is 1.32 bits per heavy atom. The highest BCUT2D eigenvalue weighted by atomic mass is 16.5. The van der Waals surface area contributed by atoms with E-state index in [1.807, 2.05) is 0 Å². The molecule has 1 N–H and O–H groups in total. The molecule has 0 spiro atoms. The molecule has 1 atom stereocenters. The molecule has 1 heterocycles. The lowest BCUT2D eigenvalue weighted by Crippen LogP contribution is -2.52. The van der Waals surface area contributed by atoms with Crippen molar-refractivity contribution in [1.29, 1.82) is 0 Å². The molecule has 0 aromatic rings. The standard InChI is InChI=1S/C16H32N2O/c1-15(2,3)17-11-16(8-5-9-19-13-16)12-18(4)10-14-6-7-14/h14,17H,5-13H2,1-4H3. The predicted molar refractivity (Wildman–Crippen MR) is 80.5 cm³/mol. The number of hydrogen-bond acceptors (Lipinski definition) is 3. The summed E-state index contributed by atoms with van der Waals surface area (Å²) in [7, 11) is 2.28. The summed E-state index contributed by atoms with van der Waals surface area (Å²) < 4.78 is 5.81. The van der Waals surface area contributed by atoms with Crippen LogP contribution < -0.4 is 5.32 Å². The van der Waals surface area contributed by atoms with Crippen LogP contribution in [-0.4, -0.2) is 50.3 Å². The monoisotopic (exact) mass is 268 g/mol. The zero-order valence-electron chi connectivity index (χ0n) is 13.3. The van der Waals surface area contributed by atoms with Crippen LogP contribution >= 0.6 is 0 Å². The summed E-state index contributed by atoms with van der Waals surface area (Å²) in [6, 6.07) is 0. The molecule has 19 heavy (non-hydrogen) atoms. The van der Waals surface area contributed by atoms with Crippen LogP contribution in [0.3, 0.4) is 0 Å². The topological polar surface area (TPSA) is 24.5 Å². The van der Waals surface area contributed by atoms with Crippen LogP contribution in [0.4, 0.5) is 0 Å². The highest BCUT2D eigenvalue weighted by Gasteiger charge is 2.36. The van der Waals surface area contributed by atoms with Gasteiger partial charge in [0.15, 0.2) is 0 Å². The zero-order valence-corrected chi connectivity index (χ0v) is 13.3. The SMILES string of the molecule is CN(CC1CC1)CC1(CNC(C)(C)C)CCCOC1. The molecule has 0 aromatic heterocycles. The van der Waals surface area contributed by atoms with E-state index < -0.39 is 0 Å². The zero-order chi connectivity index (χ0) is 13.9. The van der Waals surface area contributed by atoms with Gasteiger partial charge in [-0.1, -0.05) is 0 Å². The molecule has 1 saturated carbocycles. The number of hydrogen-bond donors (Lipinski definition) is 1. The molecule has 1 aliphatic heterocycles. The molecule has 0 aromatic carbocycles. The fourth-order valence-electron chi connectivity index (χ4n) is 3.06. The lowest BCUT2D eigenvalue weighted by Gasteiger charge is -2.42. The van der Waals surface area contributed by atoms with Gasteiger partial charge in [0.05, 0.1) is 6.61 Å². The molecule has 3 heteroatoms. The first-order valence-electron chi connectivity index (χ1n) is 7.90. The van der Waals surface area contributed by atoms with Gasteiger partial charge in [-0.3, -0.25) is 0 Å². The van der Waals surface area contributed by atoms with E-state index in [2.05, 4.69) is 38.0 Å². The summed E-state index contributed by atoms with van der Waals surface area (Å²) in [5, 5.41) is 3.70.